The van der Waals surface area contributed by atoms with E-state index in [4.69, 9.17) is 4.74 Å². The molecule has 1 saturated heterocycles. The van der Waals surface area contributed by atoms with Gasteiger partial charge < -0.3 is 20.7 Å². The Morgan fingerprint density at radius 1 is 1.33 bits per heavy atom. The SMILES string of the molecule is CN=C(NCCC(=O)Nc1ccc(Br)cc1)NCC1CCCO1.I. The van der Waals surface area contributed by atoms with E-state index in [1.165, 1.54) is 0 Å². The molecule has 0 aromatic heterocycles. The van der Waals surface area contributed by atoms with Crippen molar-refractivity contribution in [1.29, 1.82) is 0 Å². The summed E-state index contributed by atoms with van der Waals surface area (Å²) in [7, 11) is 1.72. The maximum Gasteiger partial charge on any atom is 0.226 e. The van der Waals surface area contributed by atoms with Crippen LogP contribution < -0.4 is 16.0 Å². The van der Waals surface area contributed by atoms with Crippen LogP contribution in [0.3, 0.4) is 0 Å². The monoisotopic (exact) mass is 510 g/mol. The van der Waals surface area contributed by atoms with E-state index in [1.54, 1.807) is 7.05 Å². The highest BCUT2D eigenvalue weighted by atomic mass is 127. The topological polar surface area (TPSA) is 74.8 Å². The van der Waals surface area contributed by atoms with Gasteiger partial charge in [-0.3, -0.25) is 9.79 Å². The van der Waals surface area contributed by atoms with E-state index in [0.717, 1.165) is 36.2 Å². The van der Waals surface area contributed by atoms with Crippen LogP contribution in [-0.2, 0) is 9.53 Å². The molecule has 2 rings (SSSR count). The van der Waals surface area contributed by atoms with Crippen LogP contribution in [0, 0.1) is 0 Å². The Bertz CT molecular complexity index is 533. The van der Waals surface area contributed by atoms with E-state index in [2.05, 4.69) is 36.9 Å². The van der Waals surface area contributed by atoms with Crippen molar-refractivity contribution in [1.82, 2.24) is 10.6 Å². The number of hydrogen-bond donors (Lipinski definition) is 3. The lowest BCUT2D eigenvalue weighted by atomic mass is 10.2. The quantitative estimate of drug-likeness (QED) is 0.312. The first kappa shape index (κ1) is 21.2. The second-order valence-electron chi connectivity index (χ2n) is 5.32. The van der Waals surface area contributed by atoms with Gasteiger partial charge in [0.15, 0.2) is 5.96 Å². The fourth-order valence-electron chi connectivity index (χ4n) is 2.29. The van der Waals surface area contributed by atoms with Crippen molar-refractivity contribution in [2.45, 2.75) is 25.4 Å². The van der Waals surface area contributed by atoms with Crippen molar-refractivity contribution < 1.29 is 9.53 Å². The molecule has 1 heterocycles. The molecular weight excluding hydrogens is 487 g/mol. The zero-order valence-electron chi connectivity index (χ0n) is 13.7. The molecule has 24 heavy (non-hydrogen) atoms. The van der Waals surface area contributed by atoms with Crippen molar-refractivity contribution in [3.63, 3.8) is 0 Å². The summed E-state index contributed by atoms with van der Waals surface area (Å²) in [5, 5.41) is 9.21. The van der Waals surface area contributed by atoms with Gasteiger partial charge in [0.1, 0.15) is 0 Å². The normalized spacial score (nSPS) is 17.1. The molecule has 134 valence electrons. The van der Waals surface area contributed by atoms with Gasteiger partial charge in [-0.2, -0.15) is 0 Å². The molecule has 1 atom stereocenters. The lowest BCUT2D eigenvalue weighted by Crippen LogP contribution is -2.41. The number of ether oxygens (including phenoxy) is 1. The Kier molecular flexibility index (Phi) is 10.3. The van der Waals surface area contributed by atoms with Crippen LogP contribution in [-0.4, -0.2) is 44.7 Å². The molecule has 0 aliphatic carbocycles. The maximum absolute atomic E-state index is 11.9. The summed E-state index contributed by atoms with van der Waals surface area (Å²) in [5.74, 6) is 0.659. The van der Waals surface area contributed by atoms with Gasteiger partial charge in [-0.05, 0) is 37.1 Å². The number of amides is 1. The molecule has 1 fully saturated rings. The van der Waals surface area contributed by atoms with Crippen molar-refractivity contribution in [2.75, 3.05) is 32.1 Å². The highest BCUT2D eigenvalue weighted by Crippen LogP contribution is 2.14. The van der Waals surface area contributed by atoms with Gasteiger partial charge in [0.2, 0.25) is 5.91 Å². The van der Waals surface area contributed by atoms with E-state index in [0.29, 0.717) is 18.9 Å². The zero-order chi connectivity index (χ0) is 16.5. The first-order valence-electron chi connectivity index (χ1n) is 7.79. The summed E-state index contributed by atoms with van der Waals surface area (Å²) in [6, 6.07) is 7.50. The van der Waals surface area contributed by atoms with Crippen molar-refractivity contribution in [2.24, 2.45) is 4.99 Å². The minimum Gasteiger partial charge on any atom is -0.376 e. The Hall–Kier alpha value is -0.870. The smallest absolute Gasteiger partial charge is 0.226 e. The maximum atomic E-state index is 11.9. The molecule has 1 unspecified atom stereocenters. The number of carbonyl (C=O) groups is 1. The summed E-state index contributed by atoms with van der Waals surface area (Å²) >= 11 is 3.36. The molecular formula is C16H24BrIN4O2. The number of anilines is 1. The third kappa shape index (κ3) is 7.80. The number of nitrogens with one attached hydrogen (secondary N) is 3. The predicted molar refractivity (Wildman–Crippen MR) is 111 cm³/mol. The molecule has 1 aliphatic rings. The number of hydrogen-bond acceptors (Lipinski definition) is 3. The third-order valence-corrected chi connectivity index (χ3v) is 4.05. The van der Waals surface area contributed by atoms with Gasteiger partial charge in [-0.1, -0.05) is 15.9 Å². The first-order chi connectivity index (χ1) is 11.2. The van der Waals surface area contributed by atoms with Gasteiger partial charge >= 0.3 is 0 Å². The third-order valence-electron chi connectivity index (χ3n) is 3.52. The number of guanidine groups is 1. The van der Waals surface area contributed by atoms with Crippen LogP contribution >= 0.6 is 39.9 Å². The van der Waals surface area contributed by atoms with Crippen LogP contribution in [0.15, 0.2) is 33.7 Å². The predicted octanol–water partition coefficient (Wildman–Crippen LogP) is 2.74. The molecule has 6 nitrogen and oxygen atoms in total. The molecule has 0 radical (unpaired) electrons. The molecule has 3 N–H and O–H groups in total. The number of nitrogens with zero attached hydrogens (tertiary/aromatic N) is 1. The molecule has 1 aromatic carbocycles. The molecule has 1 aliphatic heterocycles. The molecule has 0 bridgehead atoms. The summed E-state index contributed by atoms with van der Waals surface area (Å²) in [6.07, 6.45) is 2.83. The zero-order valence-corrected chi connectivity index (χ0v) is 17.6. The molecule has 1 aromatic rings. The highest BCUT2D eigenvalue weighted by molar-refractivity contribution is 14.0. The Morgan fingerprint density at radius 3 is 2.71 bits per heavy atom. The van der Waals surface area contributed by atoms with E-state index in [9.17, 15) is 4.79 Å². The lowest BCUT2D eigenvalue weighted by Gasteiger charge is -2.15. The van der Waals surface area contributed by atoms with Crippen molar-refractivity contribution >= 4 is 57.5 Å². The number of carbonyl (C=O) groups excluding carboxylic acids is 1. The summed E-state index contributed by atoms with van der Waals surface area (Å²) in [4.78, 5) is 16.0. The van der Waals surface area contributed by atoms with Gasteiger partial charge in [0, 0.05) is 43.3 Å². The highest BCUT2D eigenvalue weighted by Gasteiger charge is 2.15. The Morgan fingerprint density at radius 2 is 2.08 bits per heavy atom. The number of halogens is 2. The Balaban J connectivity index is 0.00000288. The van der Waals surface area contributed by atoms with Crippen LogP contribution in [0.5, 0.6) is 0 Å². The average molecular weight is 511 g/mol. The van der Waals surface area contributed by atoms with E-state index < -0.39 is 0 Å². The number of rotatable bonds is 6. The van der Waals surface area contributed by atoms with Crippen molar-refractivity contribution in [3.05, 3.63) is 28.7 Å². The summed E-state index contributed by atoms with van der Waals surface area (Å²) < 4.78 is 6.54. The largest absolute Gasteiger partial charge is 0.376 e. The molecule has 0 saturated carbocycles. The minimum atomic E-state index is -0.0330. The van der Waals surface area contributed by atoms with Crippen LogP contribution in [0.25, 0.3) is 0 Å². The van der Waals surface area contributed by atoms with Gasteiger partial charge in [0.25, 0.3) is 0 Å². The Labute approximate surface area is 168 Å². The average Bonchev–Trinajstić information content (AvgIpc) is 3.06. The number of benzene rings is 1. The molecule has 1 amide bonds. The van der Waals surface area contributed by atoms with E-state index in [1.807, 2.05) is 24.3 Å². The summed E-state index contributed by atoms with van der Waals surface area (Å²) in [6.45, 7) is 2.10. The fourth-order valence-corrected chi connectivity index (χ4v) is 2.55. The standard InChI is InChI=1S/C16H23BrN4O2.HI/c1-18-16(20-11-14-3-2-10-23-14)19-9-8-15(22)21-13-6-4-12(17)5-7-13;/h4-7,14H,2-3,8-11H2,1H3,(H,21,22)(H2,18,19,20);1H. The van der Waals surface area contributed by atoms with E-state index >= 15 is 0 Å². The molecule has 0 spiro atoms. The van der Waals surface area contributed by atoms with Gasteiger partial charge in [0.05, 0.1) is 6.10 Å². The van der Waals surface area contributed by atoms with Gasteiger partial charge in [-0.25, -0.2) is 0 Å². The lowest BCUT2D eigenvalue weighted by molar-refractivity contribution is -0.116. The fraction of sp³-hybridized carbons (Fsp3) is 0.500. The van der Waals surface area contributed by atoms with Crippen LogP contribution in [0.1, 0.15) is 19.3 Å². The second kappa shape index (κ2) is 11.6. The van der Waals surface area contributed by atoms with Crippen LogP contribution in [0.4, 0.5) is 5.69 Å². The molecule has 8 heteroatoms. The van der Waals surface area contributed by atoms with Crippen LogP contribution in [0.2, 0.25) is 0 Å². The van der Waals surface area contributed by atoms with Gasteiger partial charge in [-0.15, -0.1) is 24.0 Å². The second-order valence-corrected chi connectivity index (χ2v) is 6.24. The van der Waals surface area contributed by atoms with Crippen molar-refractivity contribution in [3.8, 4) is 0 Å². The first-order valence-corrected chi connectivity index (χ1v) is 8.58. The van der Waals surface area contributed by atoms with E-state index in [-0.39, 0.29) is 36.0 Å². The summed E-state index contributed by atoms with van der Waals surface area (Å²) in [5.41, 5.74) is 0.791. The minimum absolute atomic E-state index is 0. The number of aliphatic imine (C=N–C) groups is 1.